The lowest BCUT2D eigenvalue weighted by Crippen LogP contribution is -2.39. The number of nitrogens with zero attached hydrogens (tertiary/aromatic N) is 2. The van der Waals surface area contributed by atoms with Gasteiger partial charge in [-0.3, -0.25) is 4.98 Å². The molecule has 1 unspecified atom stereocenters. The first-order chi connectivity index (χ1) is 13.0. The fourth-order valence-electron chi connectivity index (χ4n) is 2.54. The number of rotatable bonds is 8. The molecule has 0 radical (unpaired) electrons. The summed E-state index contributed by atoms with van der Waals surface area (Å²) in [5.41, 5.74) is 2.71. The van der Waals surface area contributed by atoms with Crippen LogP contribution in [0, 0.1) is 6.92 Å². The van der Waals surface area contributed by atoms with Crippen LogP contribution in [0.2, 0.25) is 0 Å². The molecule has 0 saturated heterocycles. The van der Waals surface area contributed by atoms with E-state index in [2.05, 4.69) is 20.6 Å². The van der Waals surface area contributed by atoms with Gasteiger partial charge in [-0.25, -0.2) is 4.99 Å². The van der Waals surface area contributed by atoms with E-state index in [0.29, 0.717) is 19.0 Å². The van der Waals surface area contributed by atoms with Crippen LogP contribution in [0.5, 0.6) is 5.75 Å². The van der Waals surface area contributed by atoms with Crippen LogP contribution in [-0.2, 0) is 6.54 Å². The minimum Gasteiger partial charge on any atom is -0.491 e. The summed E-state index contributed by atoms with van der Waals surface area (Å²) in [5, 5.41) is 16.8. The minimum absolute atomic E-state index is 0. The number of aliphatic hydroxyl groups excluding tert-OH is 1. The number of aryl methyl sites for hydroxylation is 1. The van der Waals surface area contributed by atoms with Crippen LogP contribution in [-0.4, -0.2) is 35.2 Å². The number of ether oxygens (including phenoxy) is 1. The molecule has 6 nitrogen and oxygen atoms in total. The van der Waals surface area contributed by atoms with E-state index < -0.39 is 6.10 Å². The molecular weight excluding hydrogens is 467 g/mol. The third-order valence-electron chi connectivity index (χ3n) is 3.79. The Hall–Kier alpha value is -1.87. The molecule has 0 saturated carbocycles. The van der Waals surface area contributed by atoms with Gasteiger partial charge >= 0.3 is 0 Å². The normalized spacial score (nSPS) is 12.3. The monoisotopic (exact) mass is 498 g/mol. The lowest BCUT2D eigenvalue weighted by Gasteiger charge is -2.16. The predicted octanol–water partition coefficient (Wildman–Crippen LogP) is 3.58. The lowest BCUT2D eigenvalue weighted by atomic mass is 10.1. The maximum atomic E-state index is 10.4. The molecule has 2 rings (SSSR count). The van der Waals surface area contributed by atoms with E-state index in [4.69, 9.17) is 4.74 Å². The van der Waals surface area contributed by atoms with Crippen molar-refractivity contribution in [3.63, 3.8) is 0 Å². The molecule has 0 spiro atoms. The van der Waals surface area contributed by atoms with Gasteiger partial charge in [0.05, 0.1) is 24.4 Å². The summed E-state index contributed by atoms with van der Waals surface area (Å²) < 4.78 is 5.63. The fourth-order valence-corrected chi connectivity index (χ4v) is 2.54. The molecule has 1 aromatic heterocycles. The van der Waals surface area contributed by atoms with E-state index in [1.54, 1.807) is 0 Å². The topological polar surface area (TPSA) is 78.8 Å². The minimum atomic E-state index is -0.640. The first-order valence-electron chi connectivity index (χ1n) is 9.37. The zero-order valence-corrected chi connectivity index (χ0v) is 19.3. The van der Waals surface area contributed by atoms with E-state index in [1.807, 2.05) is 70.2 Å². The van der Waals surface area contributed by atoms with Crippen molar-refractivity contribution < 1.29 is 9.84 Å². The van der Waals surface area contributed by atoms with Gasteiger partial charge < -0.3 is 20.5 Å². The first kappa shape index (κ1) is 24.2. The second-order valence-electron chi connectivity index (χ2n) is 6.60. The Labute approximate surface area is 184 Å². The molecule has 0 amide bonds. The molecule has 28 heavy (non-hydrogen) atoms. The molecule has 0 bridgehead atoms. The number of aliphatic hydroxyl groups is 1. The van der Waals surface area contributed by atoms with Crippen molar-refractivity contribution in [3.8, 4) is 5.75 Å². The lowest BCUT2D eigenvalue weighted by molar-refractivity contribution is 0.180. The van der Waals surface area contributed by atoms with Gasteiger partial charge in [0.15, 0.2) is 5.96 Å². The Morgan fingerprint density at radius 3 is 2.46 bits per heavy atom. The van der Waals surface area contributed by atoms with Crippen molar-refractivity contribution in [1.29, 1.82) is 0 Å². The highest BCUT2D eigenvalue weighted by Gasteiger charge is 2.09. The summed E-state index contributed by atoms with van der Waals surface area (Å²) in [5.74, 6) is 1.45. The number of halogens is 1. The number of guanidine groups is 1. The molecule has 0 fully saturated rings. The Balaban J connectivity index is 0.00000392. The quantitative estimate of drug-likeness (QED) is 0.295. The maximum absolute atomic E-state index is 10.4. The van der Waals surface area contributed by atoms with E-state index in [9.17, 15) is 5.11 Å². The van der Waals surface area contributed by atoms with Gasteiger partial charge in [0.25, 0.3) is 0 Å². The molecule has 2 aromatic rings. The predicted molar refractivity (Wildman–Crippen MR) is 124 cm³/mol. The summed E-state index contributed by atoms with van der Waals surface area (Å²) in [7, 11) is 0. The highest BCUT2D eigenvalue weighted by atomic mass is 127. The fraction of sp³-hybridized carbons (Fsp3) is 0.429. The van der Waals surface area contributed by atoms with E-state index >= 15 is 0 Å². The number of pyridine rings is 1. The van der Waals surface area contributed by atoms with E-state index in [-0.39, 0.29) is 30.1 Å². The van der Waals surface area contributed by atoms with E-state index in [1.165, 1.54) is 0 Å². The van der Waals surface area contributed by atoms with Crippen LogP contribution >= 0.6 is 24.0 Å². The second-order valence-corrected chi connectivity index (χ2v) is 6.60. The smallest absolute Gasteiger partial charge is 0.191 e. The zero-order valence-electron chi connectivity index (χ0n) is 17.0. The van der Waals surface area contributed by atoms with Crippen LogP contribution in [0.15, 0.2) is 47.5 Å². The number of hydrogen-bond donors (Lipinski definition) is 3. The number of benzene rings is 1. The Morgan fingerprint density at radius 2 is 1.86 bits per heavy atom. The molecule has 3 N–H and O–H groups in total. The van der Waals surface area contributed by atoms with Crippen molar-refractivity contribution in [3.05, 3.63) is 59.4 Å². The van der Waals surface area contributed by atoms with Gasteiger partial charge in [-0.2, -0.15) is 0 Å². The van der Waals surface area contributed by atoms with Crippen LogP contribution in [0.4, 0.5) is 0 Å². The van der Waals surface area contributed by atoms with Crippen molar-refractivity contribution in [2.24, 2.45) is 4.99 Å². The van der Waals surface area contributed by atoms with Gasteiger partial charge in [0.2, 0.25) is 0 Å². The largest absolute Gasteiger partial charge is 0.491 e. The summed E-state index contributed by atoms with van der Waals surface area (Å²) in [4.78, 5) is 8.99. The van der Waals surface area contributed by atoms with Crippen LogP contribution in [0.3, 0.4) is 0 Å². The molecule has 1 atom stereocenters. The third kappa shape index (κ3) is 8.43. The second kappa shape index (κ2) is 12.6. The summed E-state index contributed by atoms with van der Waals surface area (Å²) in [6.07, 6.45) is -0.511. The molecular formula is C21H31IN4O2. The van der Waals surface area contributed by atoms with Crippen molar-refractivity contribution in [2.45, 2.75) is 46.4 Å². The SMILES string of the molecule is CCNC(=NCc1cccc(C)n1)NCC(O)c1ccc(OC(C)C)cc1.I. The van der Waals surface area contributed by atoms with Gasteiger partial charge in [-0.05, 0) is 57.5 Å². The first-order valence-corrected chi connectivity index (χ1v) is 9.37. The zero-order chi connectivity index (χ0) is 19.6. The highest BCUT2D eigenvalue weighted by Crippen LogP contribution is 2.18. The molecule has 0 aliphatic rings. The third-order valence-corrected chi connectivity index (χ3v) is 3.79. The number of hydrogen-bond acceptors (Lipinski definition) is 4. The number of nitrogens with one attached hydrogen (secondary N) is 2. The van der Waals surface area contributed by atoms with Gasteiger partial charge in [0, 0.05) is 18.8 Å². The average Bonchev–Trinajstić information content (AvgIpc) is 2.64. The van der Waals surface area contributed by atoms with Crippen LogP contribution in [0.25, 0.3) is 0 Å². The molecule has 1 aromatic carbocycles. The van der Waals surface area contributed by atoms with E-state index in [0.717, 1.165) is 29.2 Å². The molecule has 0 aliphatic heterocycles. The van der Waals surface area contributed by atoms with Crippen molar-refractivity contribution in [2.75, 3.05) is 13.1 Å². The average molecular weight is 498 g/mol. The standard InChI is InChI=1S/C21H30N4O2.HI/c1-5-22-21(23-13-18-8-6-7-16(4)25-18)24-14-20(26)17-9-11-19(12-10-17)27-15(2)3;/h6-12,15,20,26H,5,13-14H2,1-4H3,(H2,22,23,24);1H. The summed E-state index contributed by atoms with van der Waals surface area (Å²) in [6, 6.07) is 13.4. The number of aliphatic imine (C=N–C) groups is 1. The number of aromatic nitrogens is 1. The highest BCUT2D eigenvalue weighted by molar-refractivity contribution is 14.0. The Bertz CT molecular complexity index is 735. The molecule has 7 heteroatoms. The van der Waals surface area contributed by atoms with Crippen molar-refractivity contribution >= 4 is 29.9 Å². The Morgan fingerprint density at radius 1 is 1.14 bits per heavy atom. The van der Waals surface area contributed by atoms with Gasteiger partial charge in [0.1, 0.15) is 5.75 Å². The van der Waals surface area contributed by atoms with Gasteiger partial charge in [-0.1, -0.05) is 18.2 Å². The molecule has 0 aliphatic carbocycles. The van der Waals surface area contributed by atoms with Gasteiger partial charge in [-0.15, -0.1) is 24.0 Å². The van der Waals surface area contributed by atoms with Crippen LogP contribution < -0.4 is 15.4 Å². The summed E-state index contributed by atoms with van der Waals surface area (Å²) >= 11 is 0. The maximum Gasteiger partial charge on any atom is 0.191 e. The molecule has 154 valence electrons. The summed E-state index contributed by atoms with van der Waals surface area (Å²) in [6.45, 7) is 9.52. The Kier molecular flexibility index (Phi) is 10.8. The van der Waals surface area contributed by atoms with Crippen molar-refractivity contribution in [1.82, 2.24) is 15.6 Å². The van der Waals surface area contributed by atoms with Crippen LogP contribution in [0.1, 0.15) is 43.8 Å². The molecule has 1 heterocycles.